The molecule has 0 spiro atoms. The van der Waals surface area contributed by atoms with Gasteiger partial charge in [-0.15, -0.1) is 0 Å². The van der Waals surface area contributed by atoms with Crippen molar-refractivity contribution in [1.82, 2.24) is 10.6 Å². The molecule has 6 bridgehead atoms. The van der Waals surface area contributed by atoms with E-state index in [2.05, 4.69) is 54.2 Å². The molecule has 0 saturated carbocycles. The number of aromatic hydroxyl groups is 1. The Kier molecular flexibility index (Phi) is 13.3. The summed E-state index contributed by atoms with van der Waals surface area (Å²) in [6.07, 6.45) is 0.816. The number of ether oxygens (including phenoxy) is 3. The van der Waals surface area contributed by atoms with E-state index in [4.69, 9.17) is 24.9 Å². The predicted molar refractivity (Wildman–Crippen MR) is 209 cm³/mol. The highest BCUT2D eigenvalue weighted by Gasteiger charge is 2.41. The maximum Gasteiger partial charge on any atom is 0.201 e. The number of methoxy groups -OCH3 is 1. The number of phenols is 1. The van der Waals surface area contributed by atoms with Crippen LogP contribution in [0.5, 0.6) is 23.0 Å². The highest BCUT2D eigenvalue weighted by Crippen LogP contribution is 2.46. The van der Waals surface area contributed by atoms with Crippen molar-refractivity contribution >= 4 is 33.3 Å². The van der Waals surface area contributed by atoms with Crippen LogP contribution < -0.4 is 30.6 Å². The number of carbonyl (C=O) groups is 1. The van der Waals surface area contributed by atoms with E-state index >= 15 is 0 Å². The first-order chi connectivity index (χ1) is 25.6. The fraction of sp³-hybridized carbons (Fsp3) is 0.550. The average molecular weight is 763 g/mol. The highest BCUT2D eigenvalue weighted by atomic mass is 33.1. The number of aliphatic imine (C=N–C) groups is 1. The summed E-state index contributed by atoms with van der Waals surface area (Å²) >= 11 is 0. The van der Waals surface area contributed by atoms with Crippen LogP contribution in [0.3, 0.4) is 0 Å². The number of benzene rings is 2. The number of aliphatic hydroxyl groups is 2. The van der Waals surface area contributed by atoms with Crippen LogP contribution in [0.25, 0.3) is 0 Å². The summed E-state index contributed by atoms with van der Waals surface area (Å²) < 4.78 is 18.4. The van der Waals surface area contributed by atoms with E-state index in [0.29, 0.717) is 73.3 Å². The van der Waals surface area contributed by atoms with Gasteiger partial charge in [0.1, 0.15) is 12.5 Å². The van der Waals surface area contributed by atoms with Gasteiger partial charge in [-0.2, -0.15) is 0 Å². The summed E-state index contributed by atoms with van der Waals surface area (Å²) in [6.45, 7) is 5.06. The summed E-state index contributed by atoms with van der Waals surface area (Å²) in [7, 11) is 4.99. The van der Waals surface area contributed by atoms with Crippen molar-refractivity contribution < 1.29 is 34.3 Å². The lowest BCUT2D eigenvalue weighted by Crippen LogP contribution is -2.51. The van der Waals surface area contributed by atoms with E-state index in [9.17, 15) is 20.1 Å². The smallest absolute Gasteiger partial charge is 0.201 e. The zero-order valence-corrected chi connectivity index (χ0v) is 32.2. The Hall–Kier alpha value is -3.72. The number of nitrogens with two attached hydrogens (primary N) is 1. The quantitative estimate of drug-likeness (QED) is 0.194. The van der Waals surface area contributed by atoms with Gasteiger partial charge in [-0.3, -0.25) is 10.1 Å². The predicted octanol–water partition coefficient (Wildman–Crippen LogP) is 3.71. The Morgan fingerprint density at radius 2 is 1.87 bits per heavy atom. The van der Waals surface area contributed by atoms with Gasteiger partial charge in [0.15, 0.2) is 29.0 Å². The molecule has 7 N–H and O–H groups in total. The van der Waals surface area contributed by atoms with Crippen molar-refractivity contribution in [3.8, 4) is 46.7 Å². The molecule has 4 aliphatic heterocycles. The summed E-state index contributed by atoms with van der Waals surface area (Å²) in [5.41, 5.74) is 10.4. The molecule has 0 aromatic heterocycles. The van der Waals surface area contributed by atoms with Crippen molar-refractivity contribution in [3.63, 3.8) is 0 Å². The minimum absolute atomic E-state index is 0.0274. The Balaban J connectivity index is 1.44. The summed E-state index contributed by atoms with van der Waals surface area (Å²) in [4.78, 5) is 17.9. The lowest BCUT2D eigenvalue weighted by molar-refractivity contribution is -0.121. The van der Waals surface area contributed by atoms with Gasteiger partial charge < -0.3 is 40.6 Å². The molecule has 0 unspecified atom stereocenters. The Morgan fingerprint density at radius 1 is 1.04 bits per heavy atom. The summed E-state index contributed by atoms with van der Waals surface area (Å²) in [5.74, 6) is 16.0. The van der Waals surface area contributed by atoms with Gasteiger partial charge in [0.2, 0.25) is 6.29 Å². The minimum Gasteiger partial charge on any atom is -0.504 e. The van der Waals surface area contributed by atoms with Crippen LogP contribution >= 0.6 is 21.6 Å². The Morgan fingerprint density at radius 3 is 2.68 bits per heavy atom. The van der Waals surface area contributed by atoms with Gasteiger partial charge in [-0.25, -0.2) is 4.99 Å². The lowest BCUT2D eigenvalue weighted by Gasteiger charge is -2.39. The van der Waals surface area contributed by atoms with Crippen LogP contribution in [-0.2, 0) is 30.5 Å². The van der Waals surface area contributed by atoms with Crippen molar-refractivity contribution in [2.45, 2.75) is 89.7 Å². The van der Waals surface area contributed by atoms with E-state index in [1.807, 2.05) is 0 Å². The van der Waals surface area contributed by atoms with E-state index < -0.39 is 12.4 Å². The number of fused-ring (bicyclic) bond motifs is 9. The maximum atomic E-state index is 13.0. The molecule has 0 saturated heterocycles. The van der Waals surface area contributed by atoms with Gasteiger partial charge >= 0.3 is 0 Å². The van der Waals surface area contributed by atoms with E-state index in [-0.39, 0.29) is 67.2 Å². The van der Waals surface area contributed by atoms with Gasteiger partial charge in [-0.1, -0.05) is 71.2 Å². The van der Waals surface area contributed by atoms with Crippen molar-refractivity contribution in [2.75, 3.05) is 31.9 Å². The number of rotatable bonds is 2. The number of guanidine groups is 1. The highest BCUT2D eigenvalue weighted by molar-refractivity contribution is 8.76. The third-order valence-corrected chi connectivity index (χ3v) is 12.8. The number of aliphatic hydroxyl groups excluding tert-OH is 2. The largest absolute Gasteiger partial charge is 0.504 e. The van der Waals surface area contributed by atoms with E-state index in [1.54, 1.807) is 33.7 Å². The number of ketones is 1. The van der Waals surface area contributed by atoms with Crippen molar-refractivity contribution in [3.05, 3.63) is 46.0 Å². The van der Waals surface area contributed by atoms with E-state index in [0.717, 1.165) is 28.0 Å². The van der Waals surface area contributed by atoms with Gasteiger partial charge in [-0.05, 0) is 48.8 Å². The molecule has 0 fully saturated rings. The number of hydrogen-bond acceptors (Lipinski definition) is 13. The molecule has 7 rings (SSSR count). The average Bonchev–Trinajstić information content (AvgIpc) is 3.12. The second kappa shape index (κ2) is 18.1. The number of nitrogens with one attached hydrogen (secondary N) is 2. The number of carbonyl (C=O) groups excluding carboxylic acids is 1. The second-order valence-corrected chi connectivity index (χ2v) is 16.9. The van der Waals surface area contributed by atoms with Gasteiger partial charge in [0, 0.05) is 66.7 Å². The first-order valence-electron chi connectivity index (χ1n) is 18.4. The number of nitrogens with zero attached hydrogens (tertiary/aromatic N) is 1. The summed E-state index contributed by atoms with van der Waals surface area (Å²) in [6, 6.07) is 5.04. The molecule has 1 aliphatic carbocycles. The lowest BCUT2D eigenvalue weighted by atomic mass is 9.78. The Bertz CT molecular complexity index is 1810. The molecule has 11 nitrogen and oxygen atoms in total. The molecule has 5 aliphatic rings. The molecule has 53 heavy (non-hydrogen) atoms. The van der Waals surface area contributed by atoms with Crippen LogP contribution in [0, 0.1) is 41.4 Å². The molecular weight excluding hydrogens is 713 g/mol. The summed E-state index contributed by atoms with van der Waals surface area (Å²) in [5, 5.41) is 40.2. The normalized spacial score (nSPS) is 26.8. The van der Waals surface area contributed by atoms with E-state index in [1.165, 1.54) is 7.11 Å². The van der Waals surface area contributed by atoms with Crippen LogP contribution in [0.2, 0.25) is 0 Å². The van der Waals surface area contributed by atoms with Crippen LogP contribution in [0.4, 0.5) is 0 Å². The second-order valence-electron chi connectivity index (χ2n) is 14.3. The molecule has 0 radical (unpaired) electrons. The molecule has 6 atom stereocenters. The van der Waals surface area contributed by atoms with Crippen LogP contribution in [-0.4, -0.2) is 83.4 Å². The minimum atomic E-state index is -1.17. The monoisotopic (exact) mass is 762 g/mol. The van der Waals surface area contributed by atoms with Gasteiger partial charge in [0.25, 0.3) is 0 Å². The first-order valence-corrected chi connectivity index (χ1v) is 20.9. The molecule has 0 amide bonds. The fourth-order valence-electron chi connectivity index (χ4n) is 7.26. The number of Topliss-reactive ketones (excluding diaryl/α,β-unsaturated/α-hetero) is 1. The standard InChI is InChI=1S/C40H50N4O7S2/c1-23(2)34-21-53-52-20-32-31-19-30-25-11-14-28(46)18-27(45)13-10-24-12-15-35(47)37(49-3)29(24)8-6-7-26(17-25)36(38(30)51-39(31)48)50-22-42-16-5-4-9-33(32)43-40(41)44-34/h12,15,17,23,28,31-34,39,42,46-48H,5,7,10-11,13-14,16,18-22H2,1-3H3,(H3,41,43,44)/t28-,31+,32-,33-,34-,39+/m1/s1. The van der Waals surface area contributed by atoms with Crippen LogP contribution in [0.15, 0.2) is 23.2 Å². The number of hydrogen-bond donors (Lipinski definition) is 6. The zero-order valence-electron chi connectivity index (χ0n) is 30.6. The molecular formula is C40H50N4O7S2. The van der Waals surface area contributed by atoms with Crippen molar-refractivity contribution in [2.24, 2.45) is 28.5 Å². The molecule has 13 heteroatoms. The molecule has 284 valence electrons. The molecule has 2 aromatic carbocycles. The SMILES string of the molecule is COc1c(O)ccc2c1C#CCc1cc(c3c4c1OCNCCC#C[C@H]1NC(N)=N[C@@H](C(C)C)CSSC[C@@H]1[C@H](C3)[C@@H](O)O4)CC[C@@H](O)CC(=O)CC2. The number of phenolic OH excluding ortho intramolecular Hbond substituents is 1. The van der Waals surface area contributed by atoms with Crippen molar-refractivity contribution in [1.29, 1.82) is 0 Å². The van der Waals surface area contributed by atoms with Gasteiger partial charge in [0.05, 0.1) is 30.9 Å². The third kappa shape index (κ3) is 9.51. The first kappa shape index (κ1) is 39.0. The van der Waals surface area contributed by atoms with Crippen LogP contribution in [0.1, 0.15) is 67.3 Å². The zero-order chi connectivity index (χ0) is 37.5. The third-order valence-electron chi connectivity index (χ3n) is 10.3. The molecule has 4 heterocycles. The topological polar surface area (TPSA) is 168 Å². The Labute approximate surface area is 320 Å². The fourth-order valence-corrected chi connectivity index (χ4v) is 10.1. The maximum absolute atomic E-state index is 13.0. The molecule has 2 aromatic rings. The number of aryl methyl sites for hydroxylation is 2.